The first-order valence-corrected chi connectivity index (χ1v) is 5.99. The second-order valence-electron chi connectivity index (χ2n) is 5.44. The summed E-state index contributed by atoms with van der Waals surface area (Å²) in [5.41, 5.74) is 7.73. The highest BCUT2D eigenvalue weighted by Gasteiger charge is 2.10. The van der Waals surface area contributed by atoms with E-state index in [0.29, 0.717) is 12.5 Å². The molecule has 0 atom stereocenters. The van der Waals surface area contributed by atoms with Gasteiger partial charge in [-0.15, -0.1) is 24.0 Å². The molecule has 0 radical (unpaired) electrons. The van der Waals surface area contributed by atoms with Gasteiger partial charge in [0.15, 0.2) is 5.96 Å². The van der Waals surface area contributed by atoms with Crippen molar-refractivity contribution in [2.75, 3.05) is 19.0 Å². The fourth-order valence-electron chi connectivity index (χ4n) is 1.54. The first kappa shape index (κ1) is 17.9. The third-order valence-electron chi connectivity index (χ3n) is 2.25. The quantitative estimate of drug-likeness (QED) is 0.480. The van der Waals surface area contributed by atoms with Gasteiger partial charge in [-0.1, -0.05) is 0 Å². The molecule has 0 aromatic carbocycles. The minimum absolute atomic E-state index is 0. The summed E-state index contributed by atoms with van der Waals surface area (Å²) < 4.78 is 0. The highest BCUT2D eigenvalue weighted by atomic mass is 127. The molecule has 0 saturated carbocycles. The smallest absolute Gasteiger partial charge is 0.189 e. The van der Waals surface area contributed by atoms with Crippen LogP contribution in [0.2, 0.25) is 0 Å². The van der Waals surface area contributed by atoms with E-state index in [1.807, 2.05) is 51.9 Å². The lowest BCUT2D eigenvalue weighted by Crippen LogP contribution is -2.45. The zero-order valence-electron chi connectivity index (χ0n) is 12.3. The molecule has 0 saturated heterocycles. The third-order valence-corrected chi connectivity index (χ3v) is 2.25. The molecule has 0 spiro atoms. The van der Waals surface area contributed by atoms with Gasteiger partial charge in [0.25, 0.3) is 0 Å². The van der Waals surface area contributed by atoms with E-state index in [9.17, 15) is 0 Å². The zero-order chi connectivity index (χ0) is 13.8. The summed E-state index contributed by atoms with van der Waals surface area (Å²) in [4.78, 5) is 10.7. The summed E-state index contributed by atoms with van der Waals surface area (Å²) in [6.07, 6.45) is 1.77. The number of pyridine rings is 1. The second kappa shape index (κ2) is 7.52. The van der Waals surface area contributed by atoms with E-state index in [-0.39, 0.29) is 29.5 Å². The fourth-order valence-corrected chi connectivity index (χ4v) is 1.54. The van der Waals surface area contributed by atoms with Crippen LogP contribution < -0.4 is 16.0 Å². The number of nitrogens with zero attached hydrogens (tertiary/aromatic N) is 3. The lowest BCUT2D eigenvalue weighted by atomic mass is 10.1. The van der Waals surface area contributed by atoms with Crippen LogP contribution in [0.4, 0.5) is 5.69 Å². The monoisotopic (exact) mass is 377 g/mol. The minimum Gasteiger partial charge on any atom is -0.376 e. The van der Waals surface area contributed by atoms with Crippen molar-refractivity contribution in [2.45, 2.75) is 32.9 Å². The molecule has 0 aliphatic heterocycles. The van der Waals surface area contributed by atoms with Crippen LogP contribution in [-0.4, -0.2) is 30.6 Å². The summed E-state index contributed by atoms with van der Waals surface area (Å²) in [7, 11) is 3.97. The molecule has 0 amide bonds. The van der Waals surface area contributed by atoms with Crippen molar-refractivity contribution in [3.8, 4) is 0 Å². The number of aliphatic imine (C=N–C) groups is 1. The Morgan fingerprint density at radius 1 is 1.42 bits per heavy atom. The topological polar surface area (TPSA) is 66.5 Å². The van der Waals surface area contributed by atoms with Crippen molar-refractivity contribution in [1.29, 1.82) is 0 Å². The Morgan fingerprint density at radius 3 is 2.58 bits per heavy atom. The number of hydrogen-bond donors (Lipinski definition) is 2. The predicted octanol–water partition coefficient (Wildman–Crippen LogP) is 1.97. The highest BCUT2D eigenvalue weighted by Crippen LogP contribution is 2.15. The Labute approximate surface area is 132 Å². The van der Waals surface area contributed by atoms with Crippen LogP contribution in [0.3, 0.4) is 0 Å². The van der Waals surface area contributed by atoms with Gasteiger partial charge in [0.2, 0.25) is 0 Å². The van der Waals surface area contributed by atoms with E-state index in [1.165, 1.54) is 0 Å². The van der Waals surface area contributed by atoms with E-state index in [0.717, 1.165) is 11.4 Å². The van der Waals surface area contributed by atoms with Crippen LogP contribution in [0.5, 0.6) is 0 Å². The van der Waals surface area contributed by atoms with E-state index >= 15 is 0 Å². The molecule has 1 rings (SSSR count). The fraction of sp³-hybridized carbons (Fsp3) is 0.538. The van der Waals surface area contributed by atoms with Gasteiger partial charge in [-0.2, -0.15) is 0 Å². The Balaban J connectivity index is 0.00000324. The van der Waals surface area contributed by atoms with Crippen molar-refractivity contribution >= 4 is 35.6 Å². The number of nitrogens with one attached hydrogen (secondary N) is 1. The summed E-state index contributed by atoms with van der Waals surface area (Å²) in [6, 6.07) is 3.94. The molecule has 1 aromatic rings. The molecule has 1 heterocycles. The van der Waals surface area contributed by atoms with E-state index in [2.05, 4.69) is 15.3 Å². The molecular formula is C13H24IN5. The van der Waals surface area contributed by atoms with Gasteiger partial charge in [-0.3, -0.25) is 4.98 Å². The van der Waals surface area contributed by atoms with E-state index < -0.39 is 0 Å². The average Bonchev–Trinajstić information content (AvgIpc) is 2.24. The third kappa shape index (κ3) is 6.60. The molecule has 5 nitrogen and oxygen atoms in total. The Hall–Kier alpha value is -1.05. The highest BCUT2D eigenvalue weighted by molar-refractivity contribution is 14.0. The van der Waals surface area contributed by atoms with Crippen LogP contribution >= 0.6 is 24.0 Å². The summed E-state index contributed by atoms with van der Waals surface area (Å²) in [6.45, 7) is 6.60. The van der Waals surface area contributed by atoms with Gasteiger partial charge in [0.05, 0.1) is 17.9 Å². The molecule has 6 heteroatoms. The molecule has 108 valence electrons. The Morgan fingerprint density at radius 2 is 2.05 bits per heavy atom. The number of hydrogen-bond acceptors (Lipinski definition) is 3. The van der Waals surface area contributed by atoms with Crippen molar-refractivity contribution in [2.24, 2.45) is 10.7 Å². The zero-order valence-corrected chi connectivity index (χ0v) is 14.6. The maximum Gasteiger partial charge on any atom is 0.189 e. The molecule has 19 heavy (non-hydrogen) atoms. The first-order chi connectivity index (χ1) is 8.29. The molecule has 1 aromatic heterocycles. The second-order valence-corrected chi connectivity index (χ2v) is 5.44. The van der Waals surface area contributed by atoms with Crippen LogP contribution in [-0.2, 0) is 6.54 Å². The van der Waals surface area contributed by atoms with Crippen LogP contribution in [0.15, 0.2) is 23.3 Å². The van der Waals surface area contributed by atoms with Gasteiger partial charge < -0.3 is 16.0 Å². The standard InChI is InChI=1S/C13H23N5.HI/c1-13(2,3)17-12(14)16-9-10-11(18(4)5)7-6-8-15-10;/h6-8H,9H2,1-5H3,(H3,14,16,17);1H. The minimum atomic E-state index is -0.0813. The number of halogens is 1. The van der Waals surface area contributed by atoms with E-state index in [1.54, 1.807) is 6.20 Å². The molecule has 3 N–H and O–H groups in total. The Kier molecular flexibility index (Phi) is 7.10. The number of anilines is 1. The maximum atomic E-state index is 5.83. The first-order valence-electron chi connectivity index (χ1n) is 5.99. The van der Waals surface area contributed by atoms with Gasteiger partial charge in [-0.25, -0.2) is 4.99 Å². The van der Waals surface area contributed by atoms with Crippen LogP contribution in [0.25, 0.3) is 0 Å². The van der Waals surface area contributed by atoms with Gasteiger partial charge >= 0.3 is 0 Å². The molecular weight excluding hydrogens is 353 g/mol. The number of rotatable bonds is 3. The lowest BCUT2D eigenvalue weighted by Gasteiger charge is -2.21. The molecule has 0 aliphatic rings. The molecule has 0 unspecified atom stereocenters. The van der Waals surface area contributed by atoms with Crippen molar-refractivity contribution in [1.82, 2.24) is 10.3 Å². The number of guanidine groups is 1. The summed E-state index contributed by atoms with van der Waals surface area (Å²) >= 11 is 0. The summed E-state index contributed by atoms with van der Waals surface area (Å²) in [5.74, 6) is 0.442. The van der Waals surface area contributed by atoms with Crippen molar-refractivity contribution in [3.63, 3.8) is 0 Å². The van der Waals surface area contributed by atoms with Crippen molar-refractivity contribution < 1.29 is 0 Å². The van der Waals surface area contributed by atoms with Crippen LogP contribution in [0.1, 0.15) is 26.5 Å². The maximum absolute atomic E-state index is 5.83. The lowest BCUT2D eigenvalue weighted by molar-refractivity contribution is 0.508. The largest absolute Gasteiger partial charge is 0.376 e. The SMILES string of the molecule is CN(C)c1cccnc1CN=C(N)NC(C)(C)C.I. The van der Waals surface area contributed by atoms with Crippen molar-refractivity contribution in [3.05, 3.63) is 24.0 Å². The molecule has 0 aliphatic carbocycles. The van der Waals surface area contributed by atoms with Gasteiger partial charge in [0, 0.05) is 25.8 Å². The number of nitrogens with two attached hydrogens (primary N) is 1. The predicted molar refractivity (Wildman–Crippen MR) is 92.2 cm³/mol. The number of aromatic nitrogens is 1. The van der Waals surface area contributed by atoms with Gasteiger partial charge in [0.1, 0.15) is 0 Å². The van der Waals surface area contributed by atoms with E-state index in [4.69, 9.17) is 5.73 Å². The summed E-state index contributed by atoms with van der Waals surface area (Å²) in [5, 5.41) is 3.12. The Bertz CT molecular complexity index is 423. The van der Waals surface area contributed by atoms with Crippen LogP contribution in [0, 0.1) is 0 Å². The van der Waals surface area contributed by atoms with Gasteiger partial charge in [-0.05, 0) is 32.9 Å². The average molecular weight is 377 g/mol. The molecule has 0 fully saturated rings. The normalized spacial score (nSPS) is 11.7. The molecule has 0 bridgehead atoms.